The molecule has 0 saturated carbocycles. The van der Waals surface area contributed by atoms with E-state index in [0.717, 1.165) is 6.07 Å². The molecular weight excluding hydrogens is 342 g/mol. The van der Waals surface area contributed by atoms with Gasteiger partial charge in [0, 0.05) is 12.3 Å². The van der Waals surface area contributed by atoms with Crippen molar-refractivity contribution in [2.75, 3.05) is 4.72 Å². The zero-order valence-corrected chi connectivity index (χ0v) is 11.5. The molecule has 0 fully saturated rings. The topological polar surface area (TPSA) is 122 Å². The van der Waals surface area contributed by atoms with Crippen molar-refractivity contribution in [3.05, 3.63) is 34.8 Å². The second kappa shape index (κ2) is 4.97. The molecule has 2 heterocycles. The van der Waals surface area contributed by atoms with Crippen molar-refractivity contribution < 1.29 is 22.7 Å². The van der Waals surface area contributed by atoms with Gasteiger partial charge in [0.1, 0.15) is 4.90 Å². The van der Waals surface area contributed by atoms with E-state index in [4.69, 9.17) is 9.52 Å². The van der Waals surface area contributed by atoms with Crippen LogP contribution in [0.5, 0.6) is 0 Å². The highest BCUT2D eigenvalue weighted by Gasteiger charge is 2.25. The Morgan fingerprint density at radius 3 is 2.74 bits per heavy atom. The maximum atomic E-state index is 12.0. The van der Waals surface area contributed by atoms with Crippen LogP contribution in [0.15, 0.2) is 38.4 Å². The summed E-state index contributed by atoms with van der Waals surface area (Å²) in [5.41, 5.74) is 0. The van der Waals surface area contributed by atoms with Crippen molar-refractivity contribution in [1.29, 1.82) is 0 Å². The molecule has 0 amide bonds. The molecule has 100 valence electrons. The number of rotatable bonds is 4. The van der Waals surface area contributed by atoms with Crippen LogP contribution in [0.4, 0.5) is 5.82 Å². The van der Waals surface area contributed by atoms with Crippen molar-refractivity contribution in [3.8, 4) is 0 Å². The molecule has 0 spiro atoms. The van der Waals surface area contributed by atoms with Crippen LogP contribution < -0.4 is 4.72 Å². The monoisotopic (exact) mass is 347 g/mol. The van der Waals surface area contributed by atoms with E-state index in [1.165, 1.54) is 18.3 Å². The second-order valence-electron chi connectivity index (χ2n) is 3.27. The summed E-state index contributed by atoms with van der Waals surface area (Å²) in [6.45, 7) is 0. The first-order chi connectivity index (χ1) is 8.90. The number of carboxylic acid groups (broad SMARTS) is 1. The minimum Gasteiger partial charge on any atom is -0.475 e. The smallest absolute Gasteiger partial charge is 0.371 e. The number of aromatic nitrogens is 2. The predicted octanol–water partition coefficient (Wildman–Crippen LogP) is 1.33. The number of anilines is 1. The number of sulfonamides is 1. The van der Waals surface area contributed by atoms with E-state index < -0.39 is 21.8 Å². The molecule has 10 heteroatoms. The first-order valence-corrected chi connectivity index (χ1v) is 7.01. The Kier molecular flexibility index (Phi) is 3.53. The zero-order valence-electron chi connectivity index (χ0n) is 9.07. The molecule has 0 aromatic carbocycles. The molecule has 8 nitrogen and oxygen atoms in total. The summed E-state index contributed by atoms with van der Waals surface area (Å²) in [6.07, 6.45) is 1.38. The lowest BCUT2D eigenvalue weighted by Crippen LogP contribution is -2.14. The van der Waals surface area contributed by atoms with Gasteiger partial charge in [-0.05, 0) is 28.1 Å². The number of halogens is 1. The molecule has 0 aliphatic carbocycles. The van der Waals surface area contributed by atoms with Crippen molar-refractivity contribution in [3.63, 3.8) is 0 Å². The fourth-order valence-corrected chi connectivity index (χ4v) is 3.13. The molecule has 19 heavy (non-hydrogen) atoms. The van der Waals surface area contributed by atoms with Gasteiger partial charge in [0.2, 0.25) is 5.76 Å². The number of carboxylic acids is 1. The van der Waals surface area contributed by atoms with Crippen molar-refractivity contribution in [2.24, 2.45) is 0 Å². The highest BCUT2D eigenvalue weighted by atomic mass is 79.9. The van der Waals surface area contributed by atoms with Gasteiger partial charge < -0.3 is 9.52 Å². The third-order valence-electron chi connectivity index (χ3n) is 1.97. The fourth-order valence-electron chi connectivity index (χ4n) is 1.19. The SMILES string of the molecule is O=C(O)c1cc(S(=O)(=O)Nc2cccnn2)c(Br)o1. The first-order valence-electron chi connectivity index (χ1n) is 4.73. The third kappa shape index (κ3) is 2.90. The lowest BCUT2D eigenvalue weighted by atomic mass is 10.5. The Hall–Kier alpha value is -1.94. The zero-order chi connectivity index (χ0) is 14.0. The summed E-state index contributed by atoms with van der Waals surface area (Å²) in [4.78, 5) is 10.4. The summed E-state index contributed by atoms with van der Waals surface area (Å²) in [6, 6.07) is 3.79. The average Bonchev–Trinajstić information content (AvgIpc) is 2.73. The number of nitrogens with one attached hydrogen (secondary N) is 1. The van der Waals surface area contributed by atoms with Gasteiger partial charge in [-0.25, -0.2) is 13.2 Å². The lowest BCUT2D eigenvalue weighted by Gasteiger charge is -2.03. The van der Waals surface area contributed by atoms with E-state index in [1.807, 2.05) is 0 Å². The Bertz CT molecular complexity index is 713. The highest BCUT2D eigenvalue weighted by molar-refractivity contribution is 9.10. The second-order valence-corrected chi connectivity index (χ2v) is 5.64. The first kappa shape index (κ1) is 13.5. The molecule has 0 saturated heterocycles. The number of carbonyl (C=O) groups is 1. The molecular formula is C9H6BrN3O5S. The molecule has 2 N–H and O–H groups in total. The molecule has 0 atom stereocenters. The summed E-state index contributed by atoms with van der Waals surface area (Å²) >= 11 is 2.85. The quantitative estimate of drug-likeness (QED) is 0.854. The number of furan rings is 1. The summed E-state index contributed by atoms with van der Waals surface area (Å²) in [5, 5.41) is 15.8. The predicted molar refractivity (Wildman–Crippen MR) is 66.2 cm³/mol. The number of aromatic carboxylic acids is 1. The minimum absolute atomic E-state index is 0.00692. The molecule has 0 radical (unpaired) electrons. The largest absolute Gasteiger partial charge is 0.475 e. The molecule has 0 aliphatic rings. The molecule has 0 unspecified atom stereocenters. The van der Waals surface area contributed by atoms with E-state index in [-0.39, 0.29) is 15.4 Å². The van der Waals surface area contributed by atoms with Crippen LogP contribution in [0.2, 0.25) is 0 Å². The average molecular weight is 348 g/mol. The van der Waals surface area contributed by atoms with Gasteiger partial charge in [-0.15, -0.1) is 5.10 Å². The van der Waals surface area contributed by atoms with Gasteiger partial charge in [0.05, 0.1) is 0 Å². The van der Waals surface area contributed by atoms with Crippen molar-refractivity contribution in [1.82, 2.24) is 10.2 Å². The van der Waals surface area contributed by atoms with Crippen molar-refractivity contribution >= 4 is 37.7 Å². The van der Waals surface area contributed by atoms with Gasteiger partial charge in [-0.1, -0.05) is 0 Å². The number of hydrogen-bond donors (Lipinski definition) is 2. The summed E-state index contributed by atoms with van der Waals surface area (Å²) in [7, 11) is -4.01. The Labute approximate surface area is 115 Å². The van der Waals surface area contributed by atoms with Crippen LogP contribution in [0, 0.1) is 0 Å². The maximum Gasteiger partial charge on any atom is 0.371 e. The third-order valence-corrected chi connectivity index (χ3v) is 4.18. The van der Waals surface area contributed by atoms with Gasteiger partial charge in [0.15, 0.2) is 10.5 Å². The fraction of sp³-hybridized carbons (Fsp3) is 0. The van der Waals surface area contributed by atoms with E-state index in [9.17, 15) is 13.2 Å². The van der Waals surface area contributed by atoms with E-state index >= 15 is 0 Å². The van der Waals surface area contributed by atoms with E-state index in [1.54, 1.807) is 0 Å². The highest BCUT2D eigenvalue weighted by Crippen LogP contribution is 2.27. The van der Waals surface area contributed by atoms with E-state index in [2.05, 4.69) is 30.8 Å². The van der Waals surface area contributed by atoms with Gasteiger partial charge >= 0.3 is 5.97 Å². The van der Waals surface area contributed by atoms with E-state index in [0.29, 0.717) is 0 Å². The van der Waals surface area contributed by atoms with Crippen LogP contribution >= 0.6 is 15.9 Å². The Balaban J connectivity index is 2.37. The standard InChI is InChI=1S/C9H6BrN3O5S/c10-8-6(4-5(18-8)9(14)15)19(16,17)13-7-2-1-3-11-12-7/h1-4H,(H,12,13)(H,14,15). The summed E-state index contributed by atoms with van der Waals surface area (Å²) < 4.78 is 30.7. The number of nitrogens with zero attached hydrogens (tertiary/aromatic N) is 2. The summed E-state index contributed by atoms with van der Waals surface area (Å²) in [5.74, 6) is -1.86. The van der Waals surface area contributed by atoms with Crippen LogP contribution in [0.1, 0.15) is 10.6 Å². The van der Waals surface area contributed by atoms with Crippen LogP contribution in [0.3, 0.4) is 0 Å². The van der Waals surface area contributed by atoms with Gasteiger partial charge in [-0.3, -0.25) is 4.72 Å². The number of hydrogen-bond acceptors (Lipinski definition) is 6. The molecule has 0 aliphatic heterocycles. The molecule has 2 aromatic heterocycles. The minimum atomic E-state index is -4.01. The molecule has 2 rings (SSSR count). The normalized spacial score (nSPS) is 11.2. The van der Waals surface area contributed by atoms with Crippen LogP contribution in [-0.4, -0.2) is 29.7 Å². The Morgan fingerprint density at radius 1 is 1.47 bits per heavy atom. The van der Waals surface area contributed by atoms with Crippen LogP contribution in [0.25, 0.3) is 0 Å². The maximum absolute atomic E-state index is 12.0. The Morgan fingerprint density at radius 2 is 2.21 bits per heavy atom. The van der Waals surface area contributed by atoms with Gasteiger partial charge in [-0.2, -0.15) is 5.10 Å². The molecule has 2 aromatic rings. The lowest BCUT2D eigenvalue weighted by molar-refractivity contribution is 0.0661. The molecule has 0 bridgehead atoms. The van der Waals surface area contributed by atoms with Gasteiger partial charge in [0.25, 0.3) is 10.0 Å². The van der Waals surface area contributed by atoms with Crippen LogP contribution in [-0.2, 0) is 10.0 Å². The van der Waals surface area contributed by atoms with Crippen molar-refractivity contribution in [2.45, 2.75) is 4.90 Å².